The summed E-state index contributed by atoms with van der Waals surface area (Å²) in [7, 11) is -2.95. The molecule has 0 amide bonds. The van der Waals surface area contributed by atoms with E-state index in [1.54, 1.807) is 0 Å². The Morgan fingerprint density at radius 1 is 1.00 bits per heavy atom. The second-order valence-corrected chi connectivity index (χ2v) is 5.13. The normalized spacial score (nSPS) is 11.4. The van der Waals surface area contributed by atoms with E-state index in [0.29, 0.717) is 0 Å². The summed E-state index contributed by atoms with van der Waals surface area (Å²) in [6.45, 7) is 0. The van der Waals surface area contributed by atoms with Crippen molar-refractivity contribution in [2.75, 3.05) is 14.2 Å². The van der Waals surface area contributed by atoms with E-state index in [2.05, 4.69) is 9.05 Å². The first-order valence-corrected chi connectivity index (χ1v) is 5.86. The number of hydrogen-bond acceptors (Lipinski definition) is 4. The molecule has 0 aliphatic carbocycles. The summed E-state index contributed by atoms with van der Waals surface area (Å²) < 4.78 is 73.8. The minimum atomic E-state index is -4.53. The van der Waals surface area contributed by atoms with Gasteiger partial charge in [0.2, 0.25) is 0 Å². The van der Waals surface area contributed by atoms with Gasteiger partial charge in [0, 0.05) is 14.2 Å². The fourth-order valence-electron chi connectivity index (χ4n) is 1.22. The van der Waals surface area contributed by atoms with Crippen molar-refractivity contribution in [3.8, 4) is 6.07 Å². The highest BCUT2D eigenvalue weighted by atomic mass is 31.2. The van der Waals surface area contributed by atoms with E-state index >= 15 is 0 Å². The molecule has 0 spiro atoms. The van der Waals surface area contributed by atoms with Crippen LogP contribution in [0.4, 0.5) is 17.6 Å². The molecule has 9 heteroatoms. The zero-order chi connectivity index (χ0) is 14.1. The van der Waals surface area contributed by atoms with E-state index in [4.69, 9.17) is 5.26 Å². The third-order valence-electron chi connectivity index (χ3n) is 2.11. The zero-order valence-corrected chi connectivity index (χ0v) is 10.0. The Kier molecular flexibility index (Phi) is 4.12. The molecule has 0 saturated carbocycles. The summed E-state index contributed by atoms with van der Waals surface area (Å²) in [5, 5.41) is 6.85. The van der Waals surface area contributed by atoms with Crippen LogP contribution in [0.25, 0.3) is 0 Å². The van der Waals surface area contributed by atoms with Crippen molar-refractivity contribution in [3.63, 3.8) is 0 Å². The van der Waals surface area contributed by atoms with Crippen LogP contribution in [0.3, 0.4) is 0 Å². The van der Waals surface area contributed by atoms with E-state index in [9.17, 15) is 22.1 Å². The first kappa shape index (κ1) is 14.6. The van der Waals surface area contributed by atoms with Crippen molar-refractivity contribution < 1.29 is 31.2 Å². The van der Waals surface area contributed by atoms with Crippen LogP contribution in [0.5, 0.6) is 0 Å². The van der Waals surface area contributed by atoms with Crippen LogP contribution < -0.4 is 5.30 Å². The van der Waals surface area contributed by atoms with Gasteiger partial charge in [-0.3, -0.25) is 4.57 Å². The number of benzene rings is 1. The van der Waals surface area contributed by atoms with Crippen LogP contribution in [0.1, 0.15) is 5.56 Å². The molecule has 0 saturated heterocycles. The van der Waals surface area contributed by atoms with Gasteiger partial charge in [0.25, 0.3) is 0 Å². The molecular weight excluding hydrogens is 277 g/mol. The van der Waals surface area contributed by atoms with E-state index in [0.717, 1.165) is 20.3 Å². The van der Waals surface area contributed by atoms with Gasteiger partial charge in [-0.2, -0.15) is 5.26 Å². The molecule has 1 rings (SSSR count). The molecule has 0 heterocycles. The maximum absolute atomic E-state index is 13.5. The topological polar surface area (TPSA) is 59.3 Å². The smallest absolute Gasteiger partial charge is 0.308 e. The molecule has 0 N–H and O–H groups in total. The molecule has 0 aliphatic heterocycles. The largest absolute Gasteiger partial charge is 0.366 e. The zero-order valence-electron chi connectivity index (χ0n) is 9.13. The molecule has 4 nitrogen and oxygen atoms in total. The second kappa shape index (κ2) is 5.06. The lowest BCUT2D eigenvalue weighted by atomic mass is 10.2. The average molecular weight is 283 g/mol. The molecule has 1 aromatic rings. The molecule has 0 unspecified atom stereocenters. The Bertz CT molecular complexity index is 547. The molecule has 0 radical (unpaired) electrons. The Morgan fingerprint density at radius 2 is 1.39 bits per heavy atom. The molecule has 18 heavy (non-hydrogen) atoms. The van der Waals surface area contributed by atoms with E-state index in [-0.39, 0.29) is 0 Å². The number of nitriles is 1. The van der Waals surface area contributed by atoms with Gasteiger partial charge in [-0.1, -0.05) is 0 Å². The monoisotopic (exact) mass is 283 g/mol. The molecular formula is C9H6F4NO3P. The SMILES string of the molecule is COP(=O)(OC)c1c(F)c(F)c(C#N)c(F)c1F. The van der Waals surface area contributed by atoms with E-state index in [1.165, 1.54) is 0 Å². The van der Waals surface area contributed by atoms with Crippen molar-refractivity contribution in [3.05, 3.63) is 28.8 Å². The van der Waals surface area contributed by atoms with Crippen LogP contribution in [-0.4, -0.2) is 14.2 Å². The standard InChI is InChI=1S/C9H6F4NO3P/c1-16-18(15,17-2)9-7(12)5(10)4(3-14)6(11)8(9)13/h1-2H3. The van der Waals surface area contributed by atoms with Crippen molar-refractivity contribution in [2.45, 2.75) is 0 Å². The maximum atomic E-state index is 13.5. The predicted molar refractivity (Wildman–Crippen MR) is 52.2 cm³/mol. The highest BCUT2D eigenvalue weighted by Crippen LogP contribution is 2.47. The number of halogens is 4. The highest BCUT2D eigenvalue weighted by Gasteiger charge is 2.38. The van der Waals surface area contributed by atoms with Crippen molar-refractivity contribution in [1.29, 1.82) is 5.26 Å². The van der Waals surface area contributed by atoms with Crippen molar-refractivity contribution in [2.24, 2.45) is 0 Å². The number of nitrogens with zero attached hydrogens (tertiary/aromatic N) is 1. The van der Waals surface area contributed by atoms with Gasteiger partial charge in [0.05, 0.1) is 0 Å². The summed E-state index contributed by atoms with van der Waals surface area (Å²) in [5.41, 5.74) is -1.45. The minimum Gasteiger partial charge on any atom is -0.308 e. The van der Waals surface area contributed by atoms with E-state index in [1.807, 2.05) is 0 Å². The van der Waals surface area contributed by atoms with Crippen LogP contribution in [0.15, 0.2) is 0 Å². The molecule has 0 fully saturated rings. The van der Waals surface area contributed by atoms with Gasteiger partial charge < -0.3 is 9.05 Å². The number of hydrogen-bond donors (Lipinski definition) is 0. The predicted octanol–water partition coefficient (Wildman–Crippen LogP) is 2.23. The Morgan fingerprint density at radius 3 is 1.67 bits per heavy atom. The molecule has 0 aliphatic rings. The molecule has 1 aromatic carbocycles. The summed E-state index contributed by atoms with van der Waals surface area (Å²) in [4.78, 5) is 0. The average Bonchev–Trinajstić information content (AvgIpc) is 2.37. The summed E-state index contributed by atoms with van der Waals surface area (Å²) in [5.74, 6) is -7.89. The molecule has 0 aromatic heterocycles. The fourth-order valence-corrected chi connectivity index (χ4v) is 2.41. The first-order chi connectivity index (χ1) is 8.33. The quantitative estimate of drug-likeness (QED) is 0.485. The summed E-state index contributed by atoms with van der Waals surface area (Å²) in [6.07, 6.45) is 0. The van der Waals surface area contributed by atoms with Gasteiger partial charge in [-0.05, 0) is 0 Å². The minimum absolute atomic E-state index is 0.789. The lowest BCUT2D eigenvalue weighted by Gasteiger charge is -2.16. The van der Waals surface area contributed by atoms with Gasteiger partial charge in [0.1, 0.15) is 16.9 Å². The summed E-state index contributed by atoms with van der Waals surface area (Å²) >= 11 is 0. The first-order valence-electron chi connectivity index (χ1n) is 4.32. The van der Waals surface area contributed by atoms with Crippen LogP contribution in [0.2, 0.25) is 0 Å². The fraction of sp³-hybridized carbons (Fsp3) is 0.222. The van der Waals surface area contributed by atoms with Gasteiger partial charge >= 0.3 is 7.60 Å². The molecule has 98 valence electrons. The van der Waals surface area contributed by atoms with E-state index < -0.39 is 41.7 Å². The summed E-state index contributed by atoms with van der Waals surface area (Å²) in [6, 6.07) is 0.959. The maximum Gasteiger partial charge on any atom is 0.366 e. The van der Waals surface area contributed by atoms with Crippen molar-refractivity contribution >= 4 is 12.9 Å². The third kappa shape index (κ3) is 2.01. The second-order valence-electron chi connectivity index (χ2n) is 2.95. The van der Waals surface area contributed by atoms with Gasteiger partial charge in [-0.25, -0.2) is 17.6 Å². The van der Waals surface area contributed by atoms with Crippen molar-refractivity contribution in [1.82, 2.24) is 0 Å². The Balaban J connectivity index is 3.79. The molecule has 0 bridgehead atoms. The molecule has 0 atom stereocenters. The lowest BCUT2D eigenvalue weighted by Crippen LogP contribution is -2.22. The number of rotatable bonds is 3. The Hall–Kier alpha value is -1.42. The van der Waals surface area contributed by atoms with Crippen LogP contribution >= 0.6 is 7.60 Å². The van der Waals surface area contributed by atoms with Crippen LogP contribution in [-0.2, 0) is 13.6 Å². The lowest BCUT2D eigenvalue weighted by molar-refractivity contribution is 0.284. The van der Waals surface area contributed by atoms with Crippen LogP contribution in [0, 0.1) is 34.6 Å². The third-order valence-corrected chi connectivity index (χ3v) is 4.01. The Labute approximate surface area is 99.3 Å². The van der Waals surface area contributed by atoms with Gasteiger partial charge in [0.15, 0.2) is 23.3 Å². The van der Waals surface area contributed by atoms with Gasteiger partial charge in [-0.15, -0.1) is 0 Å². The highest BCUT2D eigenvalue weighted by molar-refractivity contribution is 7.62.